The summed E-state index contributed by atoms with van der Waals surface area (Å²) in [5.41, 5.74) is -2.19. The maximum atomic E-state index is 13.5. The Morgan fingerprint density at radius 3 is 2.40 bits per heavy atom. The third-order valence-corrected chi connectivity index (χ3v) is 10.3. The number of amides is 2. The first kappa shape index (κ1) is 33.0. The molecule has 10 nitrogen and oxygen atoms in total. The minimum Gasteiger partial charge on any atom is -0.756 e. The summed E-state index contributed by atoms with van der Waals surface area (Å²) in [6, 6.07) is 6.22. The number of hydrogen-bond acceptors (Lipinski definition) is 8. The number of phosphoric acid groups is 1. The van der Waals surface area contributed by atoms with Crippen LogP contribution < -0.4 is 44.5 Å². The van der Waals surface area contributed by atoms with E-state index in [1.165, 1.54) is 19.2 Å². The standard InChI is InChI=1S/C28H38NO9P.Na/c1-6-26(3)15-22(37-25(32)29-24(31)18-7-9-19(36-5)10-8-18)27(4)17(2)11-13-28(14-12-20(30)23(27)28)16-21(26)38-39(33,34)35;/h6-10,17,21-23H,1,11-16H2,2-5H3,(H,29,31,32)(H2,33,34,35);/q;+1/p-1/t17-,21+,22-,23+,26-,27+,28?;/m1./s1. The molecule has 2 amide bonds. The molecule has 2 N–H and O–H groups in total. The molecule has 0 saturated heterocycles. The second-order valence-electron chi connectivity index (χ2n) is 11.8. The Kier molecular flexibility index (Phi) is 9.89. The number of benzene rings is 1. The molecule has 3 aliphatic carbocycles. The maximum absolute atomic E-state index is 13.5. The van der Waals surface area contributed by atoms with E-state index in [1.807, 2.05) is 13.8 Å². The minimum absolute atomic E-state index is 0. The Labute approximate surface area is 257 Å². The summed E-state index contributed by atoms with van der Waals surface area (Å²) < 4.78 is 28.3. The Bertz CT molecular complexity index is 1200. The normalized spacial score (nSPS) is 36.5. The average molecular weight is 586 g/mol. The molecule has 0 radical (unpaired) electrons. The van der Waals surface area contributed by atoms with Crippen molar-refractivity contribution in [3.8, 4) is 5.75 Å². The van der Waals surface area contributed by atoms with Gasteiger partial charge in [0.1, 0.15) is 17.6 Å². The first-order valence-electron chi connectivity index (χ1n) is 13.2. The first-order chi connectivity index (χ1) is 18.2. The van der Waals surface area contributed by atoms with Gasteiger partial charge in [0.25, 0.3) is 13.7 Å². The molecule has 1 aromatic rings. The SMILES string of the molecule is C=C[C@]1(C)C[C@@H](OC(=O)NC(=O)c2ccc(OC)cc2)[C@]2(C)[C@H](C)CCC3(CCC(=O)[C@H]32)C[C@@H]1OP(=O)([O-])O.[Na+]. The van der Waals surface area contributed by atoms with Crippen molar-refractivity contribution in [1.29, 1.82) is 0 Å². The van der Waals surface area contributed by atoms with E-state index in [0.29, 0.717) is 25.0 Å². The number of Topliss-reactive ketones (excluding diaryl/α,β-unsaturated/α-hetero) is 1. The number of ketones is 1. The molecular formula is C28H37NNaO9P. The van der Waals surface area contributed by atoms with Crippen LogP contribution in [0.2, 0.25) is 0 Å². The zero-order valence-corrected chi connectivity index (χ0v) is 26.7. The Morgan fingerprint density at radius 1 is 1.18 bits per heavy atom. The van der Waals surface area contributed by atoms with Gasteiger partial charge in [-0.15, -0.1) is 6.58 Å². The fraction of sp³-hybridized carbons (Fsp3) is 0.607. The molecule has 12 heteroatoms. The van der Waals surface area contributed by atoms with Crippen molar-refractivity contribution in [3.05, 3.63) is 42.5 Å². The van der Waals surface area contributed by atoms with Crippen LogP contribution >= 0.6 is 7.82 Å². The second kappa shape index (κ2) is 12.0. The summed E-state index contributed by atoms with van der Waals surface area (Å²) in [6.45, 7) is 9.65. The second-order valence-corrected chi connectivity index (χ2v) is 13.0. The van der Waals surface area contributed by atoms with E-state index in [4.69, 9.17) is 14.0 Å². The van der Waals surface area contributed by atoms with E-state index in [2.05, 4.69) is 11.9 Å². The van der Waals surface area contributed by atoms with Crippen molar-refractivity contribution in [2.24, 2.45) is 28.1 Å². The van der Waals surface area contributed by atoms with E-state index in [1.54, 1.807) is 25.1 Å². The molecule has 2 bridgehead atoms. The van der Waals surface area contributed by atoms with Crippen molar-refractivity contribution in [1.82, 2.24) is 5.32 Å². The third-order valence-electron chi connectivity index (χ3n) is 9.75. The zero-order chi connectivity index (χ0) is 28.8. The van der Waals surface area contributed by atoms with E-state index >= 15 is 0 Å². The molecule has 2 unspecified atom stereocenters. The molecule has 3 saturated carbocycles. The van der Waals surface area contributed by atoms with Crippen molar-refractivity contribution in [2.45, 2.75) is 71.5 Å². The first-order valence-corrected chi connectivity index (χ1v) is 14.7. The fourth-order valence-electron chi connectivity index (χ4n) is 7.32. The van der Waals surface area contributed by atoms with E-state index in [-0.39, 0.29) is 59.7 Å². The molecule has 0 aromatic heterocycles. The van der Waals surface area contributed by atoms with Crippen LogP contribution in [-0.2, 0) is 18.6 Å². The molecule has 1 aromatic carbocycles. The molecule has 0 aliphatic heterocycles. The number of nitrogens with one attached hydrogen (secondary N) is 1. The third kappa shape index (κ3) is 6.14. The number of imide groups is 1. The predicted molar refractivity (Wildman–Crippen MR) is 140 cm³/mol. The van der Waals surface area contributed by atoms with Crippen molar-refractivity contribution < 1.29 is 72.3 Å². The largest absolute Gasteiger partial charge is 1.00 e. The van der Waals surface area contributed by atoms with Crippen LogP contribution in [0.15, 0.2) is 36.9 Å². The van der Waals surface area contributed by atoms with Gasteiger partial charge >= 0.3 is 35.7 Å². The van der Waals surface area contributed by atoms with Gasteiger partial charge in [0.2, 0.25) is 0 Å². The summed E-state index contributed by atoms with van der Waals surface area (Å²) in [4.78, 5) is 60.9. The molecule has 214 valence electrons. The van der Waals surface area contributed by atoms with Crippen LogP contribution in [0.1, 0.15) is 69.7 Å². The molecule has 0 heterocycles. The van der Waals surface area contributed by atoms with E-state index < -0.39 is 54.2 Å². The van der Waals surface area contributed by atoms with Gasteiger partial charge in [0, 0.05) is 28.7 Å². The molecule has 0 spiro atoms. The monoisotopic (exact) mass is 585 g/mol. The van der Waals surface area contributed by atoms with Crippen molar-refractivity contribution in [2.75, 3.05) is 7.11 Å². The maximum Gasteiger partial charge on any atom is 1.00 e. The number of methoxy groups -OCH3 is 1. The predicted octanol–water partition coefficient (Wildman–Crippen LogP) is 1.17. The van der Waals surface area contributed by atoms with Gasteiger partial charge < -0.3 is 23.8 Å². The van der Waals surface area contributed by atoms with Gasteiger partial charge in [0.15, 0.2) is 0 Å². The molecular weight excluding hydrogens is 548 g/mol. The summed E-state index contributed by atoms with van der Waals surface area (Å²) in [5, 5.41) is 2.27. The number of ether oxygens (including phenoxy) is 2. The summed E-state index contributed by atoms with van der Waals surface area (Å²) >= 11 is 0. The fourth-order valence-corrected chi connectivity index (χ4v) is 7.96. The van der Waals surface area contributed by atoms with Gasteiger partial charge in [-0.3, -0.25) is 19.5 Å². The van der Waals surface area contributed by atoms with Crippen LogP contribution in [0.5, 0.6) is 5.75 Å². The van der Waals surface area contributed by atoms with Gasteiger partial charge in [-0.05, 0) is 67.7 Å². The Hall–Kier alpha value is -1.52. The van der Waals surface area contributed by atoms with Crippen LogP contribution in [0.4, 0.5) is 4.79 Å². The topological polar surface area (TPSA) is 151 Å². The molecule has 3 fully saturated rings. The number of phosphoric ester groups is 1. The van der Waals surface area contributed by atoms with Gasteiger partial charge in [0.05, 0.1) is 13.2 Å². The average Bonchev–Trinajstić information content (AvgIpc) is 3.21. The number of carbonyl (C=O) groups excluding carboxylic acids is 3. The Morgan fingerprint density at radius 2 is 1.82 bits per heavy atom. The van der Waals surface area contributed by atoms with Crippen LogP contribution in [0.3, 0.4) is 0 Å². The zero-order valence-electron chi connectivity index (χ0n) is 23.8. The summed E-state index contributed by atoms with van der Waals surface area (Å²) in [7, 11) is -3.64. The number of rotatable bonds is 6. The smallest absolute Gasteiger partial charge is 0.756 e. The Balaban J connectivity index is 0.00000441. The van der Waals surface area contributed by atoms with E-state index in [0.717, 1.165) is 6.42 Å². The molecule has 8 atom stereocenters. The minimum atomic E-state index is -5.14. The van der Waals surface area contributed by atoms with E-state index in [9.17, 15) is 28.7 Å². The van der Waals surface area contributed by atoms with Crippen LogP contribution in [0.25, 0.3) is 0 Å². The number of alkyl carbamates (subject to hydrolysis) is 1. The number of hydrogen-bond donors (Lipinski definition) is 2. The van der Waals surface area contributed by atoms with Gasteiger partial charge in [-0.2, -0.15) is 0 Å². The van der Waals surface area contributed by atoms with Crippen LogP contribution in [-0.4, -0.2) is 42.0 Å². The van der Waals surface area contributed by atoms with Gasteiger partial charge in [-0.25, -0.2) is 4.79 Å². The molecule has 40 heavy (non-hydrogen) atoms. The summed E-state index contributed by atoms with van der Waals surface area (Å²) in [6.07, 6.45) is 1.28. The van der Waals surface area contributed by atoms with Crippen molar-refractivity contribution in [3.63, 3.8) is 0 Å². The summed E-state index contributed by atoms with van der Waals surface area (Å²) in [5.74, 6) is -0.583. The molecule has 4 rings (SSSR count). The molecule has 3 aliphatic rings. The van der Waals surface area contributed by atoms with Crippen molar-refractivity contribution >= 4 is 25.6 Å². The number of carbonyl (C=O) groups is 3. The van der Waals surface area contributed by atoms with Crippen LogP contribution in [0, 0.1) is 28.1 Å². The quantitative estimate of drug-likeness (QED) is 0.285. The van der Waals surface area contributed by atoms with Gasteiger partial charge in [-0.1, -0.05) is 26.8 Å².